The second kappa shape index (κ2) is 7.07. The Morgan fingerprint density at radius 3 is 2.60 bits per heavy atom. The minimum atomic E-state index is -4.70. The van der Waals surface area contributed by atoms with Gasteiger partial charge < -0.3 is 9.84 Å². The van der Waals surface area contributed by atoms with Crippen molar-refractivity contribution in [1.29, 1.82) is 0 Å². The number of alkyl halides is 3. The van der Waals surface area contributed by atoms with Gasteiger partial charge in [0, 0.05) is 11.6 Å². The molecule has 2 N–H and O–H groups in total. The molecular formula is C15H12F3N3O4. The molecule has 0 fully saturated rings. The lowest BCUT2D eigenvalue weighted by Gasteiger charge is -2.08. The second-order valence-electron chi connectivity index (χ2n) is 4.78. The maximum atomic E-state index is 12.6. The summed E-state index contributed by atoms with van der Waals surface area (Å²) in [5, 5.41) is 24.4. The summed E-state index contributed by atoms with van der Waals surface area (Å²) in [4.78, 5) is 10.0. The third kappa shape index (κ3) is 4.37. The van der Waals surface area contributed by atoms with Gasteiger partial charge in [-0.15, -0.1) is 0 Å². The minimum absolute atomic E-state index is 0.117. The van der Waals surface area contributed by atoms with Crippen LogP contribution in [0.4, 0.5) is 24.5 Å². The van der Waals surface area contributed by atoms with Gasteiger partial charge in [-0.3, -0.25) is 15.5 Å². The van der Waals surface area contributed by atoms with Crippen molar-refractivity contribution in [2.75, 3.05) is 12.5 Å². The third-order valence-corrected chi connectivity index (χ3v) is 3.15. The van der Waals surface area contributed by atoms with Gasteiger partial charge in [0.15, 0.2) is 0 Å². The predicted molar refractivity (Wildman–Crippen MR) is 84.0 cm³/mol. The summed E-state index contributed by atoms with van der Waals surface area (Å²) in [6.07, 6.45) is -3.54. The minimum Gasteiger partial charge on any atom is -0.507 e. The fourth-order valence-corrected chi connectivity index (χ4v) is 1.89. The fraction of sp³-hybridized carbons (Fsp3) is 0.133. The van der Waals surface area contributed by atoms with E-state index in [9.17, 15) is 28.4 Å². The molecule has 0 aliphatic carbocycles. The van der Waals surface area contributed by atoms with Gasteiger partial charge in [-0.25, -0.2) is 0 Å². The highest BCUT2D eigenvalue weighted by atomic mass is 19.4. The number of nitro groups is 1. The molecule has 2 aromatic carbocycles. The Bertz CT molecular complexity index is 822. The second-order valence-corrected chi connectivity index (χ2v) is 4.78. The van der Waals surface area contributed by atoms with Crippen LogP contribution < -0.4 is 10.2 Å². The normalized spacial score (nSPS) is 11.5. The number of hydrazone groups is 1. The molecule has 25 heavy (non-hydrogen) atoms. The van der Waals surface area contributed by atoms with E-state index in [1.54, 1.807) is 0 Å². The molecule has 132 valence electrons. The molecule has 0 heterocycles. The smallest absolute Gasteiger partial charge is 0.416 e. The van der Waals surface area contributed by atoms with Crippen LogP contribution >= 0.6 is 0 Å². The van der Waals surface area contributed by atoms with E-state index in [2.05, 4.69) is 10.5 Å². The Morgan fingerprint density at radius 2 is 2.00 bits per heavy atom. The first-order valence-electron chi connectivity index (χ1n) is 6.74. The lowest BCUT2D eigenvalue weighted by atomic mass is 10.1. The number of nitrogens with zero attached hydrogens (tertiary/aromatic N) is 2. The molecule has 0 aliphatic heterocycles. The van der Waals surface area contributed by atoms with Gasteiger partial charge in [0.05, 0.1) is 23.8 Å². The van der Waals surface area contributed by atoms with Crippen molar-refractivity contribution >= 4 is 17.6 Å². The molecule has 0 saturated heterocycles. The van der Waals surface area contributed by atoms with E-state index in [-0.39, 0.29) is 17.0 Å². The molecule has 2 aromatic rings. The van der Waals surface area contributed by atoms with Crippen LogP contribution in [0.2, 0.25) is 0 Å². The van der Waals surface area contributed by atoms with Crippen LogP contribution in [-0.4, -0.2) is 23.4 Å². The first-order chi connectivity index (χ1) is 11.7. The average molecular weight is 355 g/mol. The number of hydrogen-bond acceptors (Lipinski definition) is 6. The number of nitro benzene ring substituents is 1. The van der Waals surface area contributed by atoms with Crippen molar-refractivity contribution in [2.45, 2.75) is 6.18 Å². The topological polar surface area (TPSA) is 97.0 Å². The Labute approximate surface area is 139 Å². The first kappa shape index (κ1) is 18.0. The van der Waals surface area contributed by atoms with Crippen molar-refractivity contribution in [3.8, 4) is 11.5 Å². The van der Waals surface area contributed by atoms with Crippen LogP contribution in [0.1, 0.15) is 11.1 Å². The molecule has 0 atom stereocenters. The molecule has 0 unspecified atom stereocenters. The molecule has 2 rings (SSSR count). The largest absolute Gasteiger partial charge is 0.507 e. The number of ether oxygens (including phenoxy) is 1. The third-order valence-electron chi connectivity index (χ3n) is 3.15. The molecule has 0 amide bonds. The number of phenols is 1. The number of phenolic OH excluding ortho intramolecular Hbond substituents is 1. The van der Waals surface area contributed by atoms with Gasteiger partial charge >= 0.3 is 6.18 Å². The maximum Gasteiger partial charge on any atom is 0.416 e. The Morgan fingerprint density at radius 1 is 1.28 bits per heavy atom. The van der Waals surface area contributed by atoms with Crippen molar-refractivity contribution in [3.63, 3.8) is 0 Å². The van der Waals surface area contributed by atoms with Crippen LogP contribution in [0.25, 0.3) is 0 Å². The lowest BCUT2D eigenvalue weighted by Crippen LogP contribution is -2.06. The Kier molecular flexibility index (Phi) is 5.11. The molecule has 0 aliphatic rings. The summed E-state index contributed by atoms with van der Waals surface area (Å²) >= 11 is 0. The standard InChI is InChI=1S/C15H12F3N3O4/c1-25-11-3-5-14(22)9(6-11)8-19-20-12-4-2-10(15(16,17)18)7-13(12)21(23)24/h2-8,20,22H,1H3/b19-8+. The number of halogens is 3. The van der Waals surface area contributed by atoms with E-state index in [0.29, 0.717) is 17.9 Å². The van der Waals surface area contributed by atoms with E-state index in [1.165, 1.54) is 25.3 Å². The fourth-order valence-electron chi connectivity index (χ4n) is 1.89. The van der Waals surface area contributed by atoms with Crippen molar-refractivity contribution in [2.24, 2.45) is 5.10 Å². The molecule has 10 heteroatoms. The van der Waals surface area contributed by atoms with Gasteiger partial charge in [-0.05, 0) is 30.3 Å². The molecule has 0 spiro atoms. The molecule has 0 aromatic heterocycles. The van der Waals surface area contributed by atoms with Crippen LogP contribution in [0, 0.1) is 10.1 Å². The number of anilines is 1. The summed E-state index contributed by atoms with van der Waals surface area (Å²) in [5.74, 6) is 0.327. The van der Waals surface area contributed by atoms with E-state index >= 15 is 0 Å². The SMILES string of the molecule is COc1ccc(O)c(/C=N/Nc2ccc(C(F)(F)F)cc2[N+](=O)[O-])c1. The highest BCUT2D eigenvalue weighted by Crippen LogP contribution is 2.35. The first-order valence-corrected chi connectivity index (χ1v) is 6.74. The van der Waals surface area contributed by atoms with Crippen molar-refractivity contribution in [3.05, 3.63) is 57.6 Å². The number of benzene rings is 2. The summed E-state index contributed by atoms with van der Waals surface area (Å²) < 4.78 is 42.9. The van der Waals surface area contributed by atoms with Crippen LogP contribution in [-0.2, 0) is 6.18 Å². The Balaban J connectivity index is 2.27. The lowest BCUT2D eigenvalue weighted by molar-refractivity contribution is -0.384. The predicted octanol–water partition coefficient (Wildman–Crippen LogP) is 3.77. The van der Waals surface area contributed by atoms with Crippen LogP contribution in [0.15, 0.2) is 41.5 Å². The zero-order valence-corrected chi connectivity index (χ0v) is 12.7. The zero-order valence-electron chi connectivity index (χ0n) is 12.7. The van der Waals surface area contributed by atoms with Crippen molar-refractivity contribution < 1.29 is 27.9 Å². The summed E-state index contributed by atoms with van der Waals surface area (Å²) in [6, 6.07) is 6.36. The maximum absolute atomic E-state index is 12.6. The van der Waals surface area contributed by atoms with Gasteiger partial charge in [-0.1, -0.05) is 0 Å². The highest BCUT2D eigenvalue weighted by Gasteiger charge is 2.33. The molecule has 0 bridgehead atoms. The van der Waals surface area contributed by atoms with Gasteiger partial charge in [0.25, 0.3) is 5.69 Å². The average Bonchev–Trinajstić information content (AvgIpc) is 2.55. The zero-order chi connectivity index (χ0) is 18.6. The highest BCUT2D eigenvalue weighted by molar-refractivity contribution is 5.84. The monoisotopic (exact) mass is 355 g/mol. The number of nitrogens with one attached hydrogen (secondary N) is 1. The molecule has 0 radical (unpaired) electrons. The summed E-state index contributed by atoms with van der Waals surface area (Å²) in [5.41, 5.74) is 0.405. The quantitative estimate of drug-likeness (QED) is 0.483. The van der Waals surface area contributed by atoms with E-state index in [4.69, 9.17) is 4.74 Å². The molecular weight excluding hydrogens is 343 g/mol. The number of rotatable bonds is 5. The number of methoxy groups -OCH3 is 1. The van der Waals surface area contributed by atoms with Crippen LogP contribution in [0.3, 0.4) is 0 Å². The van der Waals surface area contributed by atoms with E-state index in [1.807, 2.05) is 0 Å². The van der Waals surface area contributed by atoms with Gasteiger partial charge in [0.1, 0.15) is 17.2 Å². The summed E-state index contributed by atoms with van der Waals surface area (Å²) in [6.45, 7) is 0. The summed E-state index contributed by atoms with van der Waals surface area (Å²) in [7, 11) is 1.43. The Hall–Kier alpha value is -3.30. The van der Waals surface area contributed by atoms with E-state index in [0.717, 1.165) is 12.3 Å². The van der Waals surface area contributed by atoms with Gasteiger partial charge in [0.2, 0.25) is 0 Å². The molecule has 7 nitrogen and oxygen atoms in total. The van der Waals surface area contributed by atoms with Crippen molar-refractivity contribution in [1.82, 2.24) is 0 Å². The van der Waals surface area contributed by atoms with Gasteiger partial charge in [-0.2, -0.15) is 18.3 Å². The number of aromatic hydroxyl groups is 1. The molecule has 0 saturated carbocycles. The van der Waals surface area contributed by atoms with E-state index < -0.39 is 22.4 Å². The van der Waals surface area contributed by atoms with Crippen LogP contribution in [0.5, 0.6) is 11.5 Å². The number of hydrogen-bond donors (Lipinski definition) is 2.